The first-order chi connectivity index (χ1) is 10.7. The van der Waals surface area contributed by atoms with Crippen LogP contribution in [0.5, 0.6) is 0 Å². The fourth-order valence-electron chi connectivity index (χ4n) is 2.35. The van der Waals surface area contributed by atoms with E-state index in [0.717, 1.165) is 21.8 Å². The minimum Gasteiger partial charge on any atom is -0.341 e. The van der Waals surface area contributed by atoms with Crippen molar-refractivity contribution in [2.24, 2.45) is 0 Å². The van der Waals surface area contributed by atoms with Crippen LogP contribution < -0.4 is 5.32 Å². The SMILES string of the molecule is CC(NC(=O)c1cn2ccsc2n1)c1nc2ccccc2[nH]1. The molecule has 110 valence electrons. The number of nitrogens with zero attached hydrogens (tertiary/aromatic N) is 3. The number of imidazole rings is 2. The Balaban J connectivity index is 1.56. The number of para-hydroxylation sites is 2. The van der Waals surface area contributed by atoms with Crippen LogP contribution in [-0.4, -0.2) is 25.3 Å². The molecule has 7 heteroatoms. The number of thiazole rings is 1. The molecule has 0 aliphatic carbocycles. The molecule has 1 amide bonds. The summed E-state index contributed by atoms with van der Waals surface area (Å²) in [4.78, 5) is 25.1. The molecule has 3 aromatic heterocycles. The highest BCUT2D eigenvalue weighted by Gasteiger charge is 2.17. The van der Waals surface area contributed by atoms with E-state index < -0.39 is 0 Å². The molecular formula is C15H13N5OS. The highest BCUT2D eigenvalue weighted by atomic mass is 32.1. The predicted octanol–water partition coefficient (Wildman–Crippen LogP) is 2.76. The van der Waals surface area contributed by atoms with Crippen molar-refractivity contribution in [1.29, 1.82) is 0 Å². The van der Waals surface area contributed by atoms with Crippen molar-refractivity contribution in [2.75, 3.05) is 0 Å². The third-order valence-electron chi connectivity index (χ3n) is 3.49. The van der Waals surface area contributed by atoms with Crippen molar-refractivity contribution in [2.45, 2.75) is 13.0 Å². The van der Waals surface area contributed by atoms with Crippen molar-refractivity contribution in [3.05, 3.63) is 53.6 Å². The molecule has 3 heterocycles. The Morgan fingerprint density at radius 3 is 3.05 bits per heavy atom. The number of hydrogen-bond acceptors (Lipinski definition) is 4. The van der Waals surface area contributed by atoms with Crippen LogP contribution in [0.3, 0.4) is 0 Å². The molecule has 0 saturated carbocycles. The first kappa shape index (κ1) is 13.0. The number of benzene rings is 1. The first-order valence-corrected chi connectivity index (χ1v) is 7.76. The van der Waals surface area contributed by atoms with Gasteiger partial charge in [-0.3, -0.25) is 9.20 Å². The van der Waals surface area contributed by atoms with Crippen molar-refractivity contribution in [3.8, 4) is 0 Å². The van der Waals surface area contributed by atoms with Crippen LogP contribution in [0.4, 0.5) is 0 Å². The number of rotatable bonds is 3. The molecule has 6 nitrogen and oxygen atoms in total. The van der Waals surface area contributed by atoms with Crippen LogP contribution in [-0.2, 0) is 0 Å². The van der Waals surface area contributed by atoms with E-state index in [9.17, 15) is 4.79 Å². The predicted molar refractivity (Wildman–Crippen MR) is 85.0 cm³/mol. The molecule has 1 unspecified atom stereocenters. The van der Waals surface area contributed by atoms with Gasteiger partial charge in [0.25, 0.3) is 5.91 Å². The van der Waals surface area contributed by atoms with E-state index in [1.807, 2.05) is 47.2 Å². The molecule has 1 aromatic carbocycles. The van der Waals surface area contributed by atoms with Crippen LogP contribution in [0.1, 0.15) is 29.3 Å². The topological polar surface area (TPSA) is 75.1 Å². The second-order valence-corrected chi connectivity index (χ2v) is 5.93. The second-order valence-electron chi connectivity index (χ2n) is 5.05. The Labute approximate surface area is 129 Å². The van der Waals surface area contributed by atoms with Crippen LogP contribution in [0, 0.1) is 0 Å². The molecule has 22 heavy (non-hydrogen) atoms. The minimum atomic E-state index is -0.223. The average molecular weight is 311 g/mol. The summed E-state index contributed by atoms with van der Waals surface area (Å²) in [7, 11) is 0. The number of fused-ring (bicyclic) bond motifs is 2. The zero-order chi connectivity index (χ0) is 15.1. The zero-order valence-electron chi connectivity index (χ0n) is 11.8. The van der Waals surface area contributed by atoms with Gasteiger partial charge >= 0.3 is 0 Å². The fourth-order valence-corrected chi connectivity index (χ4v) is 3.05. The molecule has 0 spiro atoms. The lowest BCUT2D eigenvalue weighted by atomic mass is 10.3. The van der Waals surface area contributed by atoms with Crippen molar-refractivity contribution in [1.82, 2.24) is 24.7 Å². The number of H-pyrrole nitrogens is 1. The van der Waals surface area contributed by atoms with E-state index in [2.05, 4.69) is 20.3 Å². The molecule has 1 atom stereocenters. The summed E-state index contributed by atoms with van der Waals surface area (Å²) < 4.78 is 1.84. The standard InChI is InChI=1S/C15H13N5OS/c1-9(13-17-10-4-2-3-5-11(10)18-13)16-14(21)12-8-20-6-7-22-15(20)19-12/h2-9H,1H3,(H,16,21)(H,17,18). The molecule has 4 rings (SSSR count). The van der Waals surface area contributed by atoms with E-state index in [1.165, 1.54) is 11.3 Å². The first-order valence-electron chi connectivity index (χ1n) is 6.88. The molecule has 0 bridgehead atoms. The molecule has 4 aromatic rings. The van der Waals surface area contributed by atoms with Gasteiger partial charge in [0, 0.05) is 17.8 Å². The van der Waals surface area contributed by atoms with Gasteiger partial charge in [-0.15, -0.1) is 11.3 Å². The molecule has 0 fully saturated rings. The van der Waals surface area contributed by atoms with Gasteiger partial charge in [-0.05, 0) is 19.1 Å². The highest BCUT2D eigenvalue weighted by Crippen LogP contribution is 2.16. The Bertz CT molecular complexity index is 905. The number of nitrogens with one attached hydrogen (secondary N) is 2. The Morgan fingerprint density at radius 1 is 1.36 bits per heavy atom. The number of aromatic amines is 1. The normalized spacial score (nSPS) is 12.8. The lowest BCUT2D eigenvalue weighted by Crippen LogP contribution is -2.27. The van der Waals surface area contributed by atoms with Gasteiger partial charge in [0.1, 0.15) is 11.5 Å². The number of aromatic nitrogens is 4. The summed E-state index contributed by atoms with van der Waals surface area (Å²) in [5.74, 6) is 0.527. The fraction of sp³-hybridized carbons (Fsp3) is 0.133. The number of carbonyl (C=O) groups excluding carboxylic acids is 1. The summed E-state index contributed by atoms with van der Waals surface area (Å²) in [6.45, 7) is 1.90. The van der Waals surface area contributed by atoms with Gasteiger partial charge in [-0.1, -0.05) is 12.1 Å². The monoisotopic (exact) mass is 311 g/mol. The molecule has 2 N–H and O–H groups in total. The number of amides is 1. The quantitative estimate of drug-likeness (QED) is 0.611. The maximum atomic E-state index is 12.3. The third kappa shape index (κ3) is 2.15. The van der Waals surface area contributed by atoms with Crippen LogP contribution >= 0.6 is 11.3 Å². The highest BCUT2D eigenvalue weighted by molar-refractivity contribution is 7.15. The molecule has 0 saturated heterocycles. The lowest BCUT2D eigenvalue weighted by molar-refractivity contribution is 0.0934. The maximum Gasteiger partial charge on any atom is 0.272 e. The van der Waals surface area contributed by atoms with Gasteiger partial charge < -0.3 is 10.3 Å². The molecular weight excluding hydrogens is 298 g/mol. The third-order valence-corrected chi connectivity index (χ3v) is 4.26. The summed E-state index contributed by atoms with van der Waals surface area (Å²) in [6.07, 6.45) is 3.61. The summed E-state index contributed by atoms with van der Waals surface area (Å²) in [5.41, 5.74) is 2.26. The lowest BCUT2D eigenvalue weighted by Gasteiger charge is -2.09. The van der Waals surface area contributed by atoms with Gasteiger partial charge in [-0.25, -0.2) is 9.97 Å². The van der Waals surface area contributed by atoms with Gasteiger partial charge in [-0.2, -0.15) is 0 Å². The van der Waals surface area contributed by atoms with Crippen molar-refractivity contribution >= 4 is 33.2 Å². The van der Waals surface area contributed by atoms with E-state index in [-0.39, 0.29) is 11.9 Å². The molecule has 0 aliphatic heterocycles. The summed E-state index contributed by atoms with van der Waals surface area (Å²) >= 11 is 1.50. The second kappa shape index (κ2) is 4.96. The molecule has 0 radical (unpaired) electrons. The van der Waals surface area contributed by atoms with Gasteiger partial charge in [0.15, 0.2) is 4.96 Å². The Hall–Kier alpha value is -2.67. The largest absolute Gasteiger partial charge is 0.341 e. The van der Waals surface area contributed by atoms with E-state index in [1.54, 1.807) is 6.20 Å². The van der Waals surface area contributed by atoms with Crippen molar-refractivity contribution < 1.29 is 4.79 Å². The van der Waals surface area contributed by atoms with Crippen LogP contribution in [0.2, 0.25) is 0 Å². The average Bonchev–Trinajstić information content (AvgIpc) is 3.20. The zero-order valence-corrected chi connectivity index (χ0v) is 12.6. The summed E-state index contributed by atoms with van der Waals surface area (Å²) in [5, 5.41) is 4.85. The Kier molecular flexibility index (Phi) is 2.93. The smallest absolute Gasteiger partial charge is 0.272 e. The van der Waals surface area contributed by atoms with Gasteiger partial charge in [0.05, 0.1) is 17.1 Å². The number of hydrogen-bond donors (Lipinski definition) is 2. The Morgan fingerprint density at radius 2 is 2.23 bits per heavy atom. The molecule has 0 aliphatic rings. The van der Waals surface area contributed by atoms with Crippen molar-refractivity contribution in [3.63, 3.8) is 0 Å². The maximum absolute atomic E-state index is 12.3. The number of carbonyl (C=O) groups is 1. The van der Waals surface area contributed by atoms with E-state index >= 15 is 0 Å². The van der Waals surface area contributed by atoms with Crippen LogP contribution in [0.15, 0.2) is 42.0 Å². The minimum absolute atomic E-state index is 0.205. The van der Waals surface area contributed by atoms with Gasteiger partial charge in [0.2, 0.25) is 0 Å². The van der Waals surface area contributed by atoms with E-state index in [4.69, 9.17) is 0 Å². The summed E-state index contributed by atoms with van der Waals surface area (Å²) in [6, 6.07) is 7.57. The van der Waals surface area contributed by atoms with Crippen LogP contribution in [0.25, 0.3) is 16.0 Å². The van der Waals surface area contributed by atoms with E-state index in [0.29, 0.717) is 5.69 Å².